The molecule has 1 atom stereocenters. The van der Waals surface area contributed by atoms with Gasteiger partial charge in [-0.1, -0.05) is 17.7 Å². The van der Waals surface area contributed by atoms with Crippen LogP contribution in [0.3, 0.4) is 0 Å². The monoisotopic (exact) mass is 412 g/mol. The first kappa shape index (κ1) is 20.0. The number of piperidine rings is 1. The second kappa shape index (κ2) is 8.94. The van der Waals surface area contributed by atoms with Crippen LogP contribution < -0.4 is 10.2 Å². The van der Waals surface area contributed by atoms with Gasteiger partial charge in [-0.05, 0) is 36.6 Å². The Morgan fingerprint density at radius 1 is 1.30 bits per heavy atom. The van der Waals surface area contributed by atoms with Gasteiger partial charge in [0.15, 0.2) is 0 Å². The van der Waals surface area contributed by atoms with Crippen molar-refractivity contribution in [3.8, 4) is 5.88 Å². The molecule has 3 rings (SSSR count). The standard InChI is InChI=1S/C17H21ClN4O4S/c18-15-4-2-8-20-17(15)26-14-5-9-22(10-6-14)27(24,25)12-16(21-23)13-3-1-7-19-11-13/h1-4,7-8,11,14,16,21,23H,5-6,9-10,12H2. The summed E-state index contributed by atoms with van der Waals surface area (Å²) in [4.78, 5) is 8.06. The van der Waals surface area contributed by atoms with E-state index in [0.717, 1.165) is 0 Å². The summed E-state index contributed by atoms with van der Waals surface area (Å²) in [5.74, 6) is 0.105. The van der Waals surface area contributed by atoms with Crippen molar-refractivity contribution < 1.29 is 18.4 Å². The van der Waals surface area contributed by atoms with Crippen molar-refractivity contribution in [1.82, 2.24) is 19.8 Å². The van der Waals surface area contributed by atoms with Gasteiger partial charge in [-0.15, -0.1) is 0 Å². The minimum Gasteiger partial charge on any atom is -0.473 e. The van der Waals surface area contributed by atoms with E-state index in [-0.39, 0.29) is 11.9 Å². The number of aromatic nitrogens is 2. The molecule has 1 unspecified atom stereocenters. The molecular formula is C17H21ClN4O4S. The molecule has 1 fully saturated rings. The number of hydrogen-bond acceptors (Lipinski definition) is 7. The molecule has 0 aromatic carbocycles. The number of nitrogens with zero attached hydrogens (tertiary/aromatic N) is 3. The molecule has 1 saturated heterocycles. The average molecular weight is 413 g/mol. The van der Waals surface area contributed by atoms with E-state index in [4.69, 9.17) is 16.3 Å². The zero-order valence-electron chi connectivity index (χ0n) is 14.5. The van der Waals surface area contributed by atoms with Crippen LogP contribution >= 0.6 is 11.6 Å². The highest BCUT2D eigenvalue weighted by Crippen LogP contribution is 2.26. The molecule has 0 amide bonds. The third-order valence-corrected chi connectivity index (χ3v) is 6.61. The molecule has 0 spiro atoms. The summed E-state index contributed by atoms with van der Waals surface area (Å²) in [6, 6.07) is 6.08. The Morgan fingerprint density at radius 3 is 2.67 bits per heavy atom. The van der Waals surface area contributed by atoms with Gasteiger partial charge in [0.1, 0.15) is 11.1 Å². The number of hydrogen-bond donors (Lipinski definition) is 2. The zero-order chi connectivity index (χ0) is 19.3. The molecule has 2 N–H and O–H groups in total. The maximum Gasteiger partial charge on any atom is 0.232 e. The Kier molecular flexibility index (Phi) is 6.61. The maximum atomic E-state index is 12.7. The lowest BCUT2D eigenvalue weighted by atomic mass is 10.1. The molecule has 0 radical (unpaired) electrons. The molecule has 2 aromatic heterocycles. The lowest BCUT2D eigenvalue weighted by Crippen LogP contribution is -2.44. The maximum absolute atomic E-state index is 12.7. The van der Waals surface area contributed by atoms with Gasteiger partial charge in [0.05, 0.1) is 11.8 Å². The Hall–Kier alpha value is -1.78. The van der Waals surface area contributed by atoms with E-state index in [1.807, 2.05) is 0 Å². The van der Waals surface area contributed by atoms with E-state index >= 15 is 0 Å². The van der Waals surface area contributed by atoms with E-state index in [1.165, 1.54) is 10.5 Å². The van der Waals surface area contributed by atoms with Gasteiger partial charge in [0.25, 0.3) is 0 Å². The zero-order valence-corrected chi connectivity index (χ0v) is 16.1. The fourth-order valence-corrected chi connectivity index (χ4v) is 4.78. The number of nitrogens with one attached hydrogen (secondary N) is 1. The van der Waals surface area contributed by atoms with E-state index in [1.54, 1.807) is 36.7 Å². The summed E-state index contributed by atoms with van der Waals surface area (Å²) >= 11 is 6.05. The van der Waals surface area contributed by atoms with E-state index in [9.17, 15) is 13.6 Å². The minimum atomic E-state index is -3.56. The molecule has 10 heteroatoms. The molecule has 0 aliphatic carbocycles. The van der Waals surface area contributed by atoms with Gasteiger partial charge in [0, 0.05) is 31.7 Å². The SMILES string of the molecule is O=S(=O)(CC(NO)c1cccnc1)N1CCC(Oc2ncccc2Cl)CC1. The Labute approximate surface area is 163 Å². The second-order valence-corrected chi connectivity index (χ2v) is 8.67. The first-order valence-electron chi connectivity index (χ1n) is 8.54. The predicted molar refractivity (Wildman–Crippen MR) is 100 cm³/mol. The highest BCUT2D eigenvalue weighted by atomic mass is 35.5. The van der Waals surface area contributed by atoms with Crippen LogP contribution in [0.4, 0.5) is 0 Å². The van der Waals surface area contributed by atoms with Crippen LogP contribution in [0, 0.1) is 0 Å². The first-order valence-corrected chi connectivity index (χ1v) is 10.5. The number of rotatable bonds is 7. The average Bonchev–Trinajstić information content (AvgIpc) is 2.69. The number of hydroxylamine groups is 1. The highest BCUT2D eigenvalue weighted by molar-refractivity contribution is 7.89. The van der Waals surface area contributed by atoms with Gasteiger partial charge in [-0.3, -0.25) is 4.98 Å². The van der Waals surface area contributed by atoms with Crippen LogP contribution in [0.15, 0.2) is 42.9 Å². The van der Waals surface area contributed by atoms with Crippen molar-refractivity contribution in [2.75, 3.05) is 18.8 Å². The molecule has 0 saturated carbocycles. The number of sulfonamides is 1. The van der Waals surface area contributed by atoms with Crippen LogP contribution in [0.2, 0.25) is 5.02 Å². The Morgan fingerprint density at radius 2 is 2.04 bits per heavy atom. The molecule has 1 aliphatic heterocycles. The van der Waals surface area contributed by atoms with Crippen LogP contribution in [-0.4, -0.2) is 52.8 Å². The van der Waals surface area contributed by atoms with Crippen molar-refractivity contribution >= 4 is 21.6 Å². The van der Waals surface area contributed by atoms with Crippen molar-refractivity contribution in [2.45, 2.75) is 25.0 Å². The van der Waals surface area contributed by atoms with E-state index < -0.39 is 16.1 Å². The Balaban J connectivity index is 1.58. The smallest absolute Gasteiger partial charge is 0.232 e. The molecule has 1 aliphatic rings. The summed E-state index contributed by atoms with van der Waals surface area (Å²) in [7, 11) is -3.56. The highest BCUT2D eigenvalue weighted by Gasteiger charge is 2.31. The van der Waals surface area contributed by atoms with Crippen molar-refractivity contribution in [3.05, 3.63) is 53.4 Å². The lowest BCUT2D eigenvalue weighted by Gasteiger charge is -2.32. The van der Waals surface area contributed by atoms with Gasteiger partial charge >= 0.3 is 0 Å². The first-order chi connectivity index (χ1) is 13.0. The second-order valence-electron chi connectivity index (χ2n) is 6.25. The molecule has 0 bridgehead atoms. The summed E-state index contributed by atoms with van der Waals surface area (Å²) < 4.78 is 32.7. The topological polar surface area (TPSA) is 105 Å². The molecule has 27 heavy (non-hydrogen) atoms. The predicted octanol–water partition coefficient (Wildman–Crippen LogP) is 2.02. The molecule has 2 aromatic rings. The van der Waals surface area contributed by atoms with Crippen LogP contribution in [0.25, 0.3) is 0 Å². The van der Waals surface area contributed by atoms with Gasteiger partial charge in [-0.2, -0.15) is 5.48 Å². The molecule has 146 valence electrons. The van der Waals surface area contributed by atoms with Crippen LogP contribution in [-0.2, 0) is 10.0 Å². The Bertz CT molecular complexity index is 845. The molecular weight excluding hydrogens is 392 g/mol. The summed E-state index contributed by atoms with van der Waals surface area (Å²) in [5.41, 5.74) is 2.67. The quantitative estimate of drug-likeness (QED) is 0.670. The molecule has 8 nitrogen and oxygen atoms in total. The number of ether oxygens (including phenoxy) is 1. The van der Waals surface area contributed by atoms with Gasteiger partial charge < -0.3 is 9.94 Å². The van der Waals surface area contributed by atoms with Gasteiger partial charge in [-0.25, -0.2) is 17.7 Å². The summed E-state index contributed by atoms with van der Waals surface area (Å²) in [5, 5.41) is 9.80. The lowest BCUT2D eigenvalue weighted by molar-refractivity contribution is 0.125. The van der Waals surface area contributed by atoms with Crippen LogP contribution in [0.5, 0.6) is 5.88 Å². The fourth-order valence-electron chi connectivity index (χ4n) is 2.95. The van der Waals surface area contributed by atoms with Crippen molar-refractivity contribution in [1.29, 1.82) is 0 Å². The summed E-state index contributed by atoms with van der Waals surface area (Å²) in [6.45, 7) is 0.672. The van der Waals surface area contributed by atoms with Crippen LogP contribution in [0.1, 0.15) is 24.4 Å². The van der Waals surface area contributed by atoms with Crippen molar-refractivity contribution in [2.24, 2.45) is 0 Å². The molecule has 3 heterocycles. The van der Waals surface area contributed by atoms with Gasteiger partial charge in [0.2, 0.25) is 15.9 Å². The third-order valence-electron chi connectivity index (χ3n) is 4.42. The number of pyridine rings is 2. The number of halogens is 1. The normalized spacial score (nSPS) is 17.6. The minimum absolute atomic E-state index is 0.145. The third kappa shape index (κ3) is 5.14. The van der Waals surface area contributed by atoms with E-state index in [0.29, 0.717) is 42.4 Å². The van der Waals surface area contributed by atoms with Crippen molar-refractivity contribution in [3.63, 3.8) is 0 Å². The summed E-state index contributed by atoms with van der Waals surface area (Å²) in [6.07, 6.45) is 5.65. The fraction of sp³-hybridized carbons (Fsp3) is 0.412. The largest absolute Gasteiger partial charge is 0.473 e. The van der Waals surface area contributed by atoms with E-state index in [2.05, 4.69) is 15.4 Å².